The molecule has 5 nitrogen and oxygen atoms in total. The summed E-state index contributed by atoms with van der Waals surface area (Å²) >= 11 is 0. The van der Waals surface area contributed by atoms with Crippen molar-refractivity contribution in [3.63, 3.8) is 0 Å². The lowest BCUT2D eigenvalue weighted by molar-refractivity contribution is -0.124. The molecule has 2 unspecified atom stereocenters. The van der Waals surface area contributed by atoms with Crippen LogP contribution in [0, 0.1) is 5.92 Å². The van der Waals surface area contributed by atoms with Crippen molar-refractivity contribution in [1.29, 1.82) is 0 Å². The molecule has 0 aliphatic rings. The van der Waals surface area contributed by atoms with E-state index in [0.717, 1.165) is 25.7 Å². The summed E-state index contributed by atoms with van der Waals surface area (Å²) in [5.41, 5.74) is 0. The summed E-state index contributed by atoms with van der Waals surface area (Å²) in [7, 11) is -2.78. The number of carbonyl (C=O) groups is 1. The van der Waals surface area contributed by atoms with Crippen molar-refractivity contribution in [3.05, 3.63) is 0 Å². The number of hydrogen-bond donors (Lipinski definition) is 2. The summed E-state index contributed by atoms with van der Waals surface area (Å²) in [5.74, 6) is -0.523. The molecule has 0 saturated heterocycles. The van der Waals surface area contributed by atoms with Gasteiger partial charge in [0, 0.05) is 19.6 Å². The molecule has 0 rings (SSSR count). The van der Waals surface area contributed by atoms with Crippen LogP contribution >= 0.6 is 7.60 Å². The molecule has 0 aliphatic heterocycles. The second-order valence-corrected chi connectivity index (χ2v) is 8.13. The molecule has 0 fully saturated rings. The highest BCUT2D eigenvalue weighted by atomic mass is 31.2. The average Bonchev–Trinajstić information content (AvgIpc) is 2.41. The third kappa shape index (κ3) is 5.28. The van der Waals surface area contributed by atoms with Gasteiger partial charge in [-0.05, 0) is 19.8 Å². The second-order valence-electron chi connectivity index (χ2n) is 5.74. The van der Waals surface area contributed by atoms with Gasteiger partial charge in [0.05, 0.1) is 0 Å². The van der Waals surface area contributed by atoms with Gasteiger partial charge in [-0.3, -0.25) is 9.36 Å². The van der Waals surface area contributed by atoms with Crippen molar-refractivity contribution in [1.82, 2.24) is 0 Å². The Kier molecular flexibility index (Phi) is 8.83. The van der Waals surface area contributed by atoms with E-state index in [9.17, 15) is 14.3 Å². The van der Waals surface area contributed by atoms with Crippen LogP contribution in [-0.4, -0.2) is 34.7 Å². The van der Waals surface area contributed by atoms with Gasteiger partial charge in [0.1, 0.15) is 5.16 Å². The summed E-state index contributed by atoms with van der Waals surface area (Å²) in [5, 5.41) is 7.37. The molecule has 120 valence electrons. The predicted octanol–water partition coefficient (Wildman–Crippen LogP) is 3.13. The minimum absolute atomic E-state index is 0.194. The first-order chi connectivity index (χ1) is 9.23. The van der Waals surface area contributed by atoms with E-state index in [1.807, 2.05) is 0 Å². The van der Waals surface area contributed by atoms with Crippen LogP contribution in [0.15, 0.2) is 0 Å². The number of carbonyl (C=O) groups excluding carboxylic acids is 1. The molecule has 0 aromatic rings. The van der Waals surface area contributed by atoms with Crippen molar-refractivity contribution < 1.29 is 23.9 Å². The zero-order valence-corrected chi connectivity index (χ0v) is 14.0. The molecule has 0 aromatic heterocycles. The van der Waals surface area contributed by atoms with E-state index in [1.165, 1.54) is 14.0 Å². The Morgan fingerprint density at radius 1 is 1.20 bits per heavy atom. The molecule has 0 heterocycles. The van der Waals surface area contributed by atoms with Gasteiger partial charge in [0.25, 0.3) is 0 Å². The van der Waals surface area contributed by atoms with Crippen LogP contribution < -0.4 is 0 Å². The van der Waals surface area contributed by atoms with Crippen molar-refractivity contribution in [2.75, 3.05) is 13.7 Å². The summed E-state index contributed by atoms with van der Waals surface area (Å²) < 4.78 is 16.9. The van der Waals surface area contributed by atoms with E-state index in [0.29, 0.717) is 12.8 Å². The Morgan fingerprint density at radius 2 is 1.70 bits per heavy atom. The molecule has 6 heteroatoms. The fraction of sp³-hybridized carbons (Fsp3) is 0.929. The Balaban J connectivity index is 4.65. The van der Waals surface area contributed by atoms with Crippen LogP contribution in [0.25, 0.3) is 0 Å². The second kappa shape index (κ2) is 8.93. The van der Waals surface area contributed by atoms with E-state index in [1.54, 1.807) is 13.8 Å². The first-order valence-electron chi connectivity index (χ1n) is 7.26. The zero-order chi connectivity index (χ0) is 15.8. The van der Waals surface area contributed by atoms with Gasteiger partial charge in [-0.2, -0.15) is 0 Å². The quantitative estimate of drug-likeness (QED) is 0.452. The van der Waals surface area contributed by atoms with Gasteiger partial charge in [0.15, 0.2) is 5.78 Å². The van der Waals surface area contributed by atoms with Crippen LogP contribution in [0.2, 0.25) is 0 Å². The van der Waals surface area contributed by atoms with Crippen molar-refractivity contribution in [2.45, 2.75) is 64.5 Å². The zero-order valence-electron chi connectivity index (χ0n) is 13.1. The molecular weight excluding hydrogens is 279 g/mol. The van der Waals surface area contributed by atoms with Crippen LogP contribution in [-0.2, 0) is 13.9 Å². The largest absolute Gasteiger partial charge is 0.396 e. The summed E-state index contributed by atoms with van der Waals surface area (Å²) in [6, 6.07) is 0. The van der Waals surface area contributed by atoms with E-state index in [4.69, 9.17) is 9.63 Å². The maximum Gasteiger partial charge on any atom is 0.341 e. The Morgan fingerprint density at radius 3 is 2.15 bits per heavy atom. The lowest BCUT2D eigenvalue weighted by Gasteiger charge is -2.32. The van der Waals surface area contributed by atoms with Gasteiger partial charge in [-0.1, -0.05) is 39.5 Å². The lowest BCUT2D eigenvalue weighted by atomic mass is 9.91. The Bertz CT molecular complexity index is 342. The normalized spacial score (nSPS) is 17.8. The average molecular weight is 308 g/mol. The highest BCUT2D eigenvalue weighted by Gasteiger charge is 2.50. The number of ketones is 1. The van der Waals surface area contributed by atoms with Crippen LogP contribution in [0.3, 0.4) is 0 Å². The minimum atomic E-state index is -3.96. The fourth-order valence-corrected chi connectivity index (χ4v) is 3.72. The predicted molar refractivity (Wildman–Crippen MR) is 79.9 cm³/mol. The molecule has 0 radical (unpaired) electrons. The lowest BCUT2D eigenvalue weighted by Crippen LogP contribution is -2.38. The van der Waals surface area contributed by atoms with Crippen molar-refractivity contribution in [3.8, 4) is 0 Å². The van der Waals surface area contributed by atoms with E-state index in [-0.39, 0.29) is 18.3 Å². The number of hydrogen-bond acceptors (Lipinski definition) is 4. The molecule has 2 atom stereocenters. The summed E-state index contributed by atoms with van der Waals surface area (Å²) in [4.78, 5) is 22.3. The van der Waals surface area contributed by atoms with Crippen LogP contribution in [0.1, 0.15) is 59.3 Å². The standard InChI is InChI=1S/C14H29O5P/c1-12(2)13(16)14(3,20(17,18)19-4)10-8-6-5-7-9-11-15/h12,15H,5-11H2,1-4H3,(H,17,18). The molecule has 0 saturated carbocycles. The number of unbranched alkanes of at least 4 members (excludes halogenated alkanes) is 4. The molecule has 0 aliphatic carbocycles. The first kappa shape index (κ1) is 19.8. The maximum atomic E-state index is 12.3. The van der Waals surface area contributed by atoms with Gasteiger partial charge in [-0.25, -0.2) is 0 Å². The summed E-state index contributed by atoms with van der Waals surface area (Å²) in [6.45, 7) is 5.20. The van der Waals surface area contributed by atoms with Gasteiger partial charge >= 0.3 is 7.60 Å². The molecular formula is C14H29O5P. The molecule has 20 heavy (non-hydrogen) atoms. The van der Waals surface area contributed by atoms with Gasteiger partial charge in [-0.15, -0.1) is 0 Å². The van der Waals surface area contributed by atoms with Crippen molar-refractivity contribution in [2.24, 2.45) is 5.92 Å². The highest BCUT2D eigenvalue weighted by Crippen LogP contribution is 2.58. The third-order valence-corrected chi connectivity index (χ3v) is 5.93. The SMILES string of the molecule is COP(=O)(O)C(C)(CCCCCCCO)C(=O)C(C)C. The fourth-order valence-electron chi connectivity index (χ4n) is 2.34. The first-order valence-corrected chi connectivity index (χ1v) is 8.84. The molecule has 2 N–H and O–H groups in total. The topological polar surface area (TPSA) is 83.8 Å². The molecule has 0 aromatic carbocycles. The van der Waals surface area contributed by atoms with Crippen molar-refractivity contribution >= 4 is 13.4 Å². The minimum Gasteiger partial charge on any atom is -0.396 e. The van der Waals surface area contributed by atoms with Crippen LogP contribution in [0.5, 0.6) is 0 Å². The Labute approximate surface area is 122 Å². The highest BCUT2D eigenvalue weighted by molar-refractivity contribution is 7.55. The van der Waals surface area contributed by atoms with E-state index >= 15 is 0 Å². The summed E-state index contributed by atoms with van der Waals surface area (Å²) in [6.07, 6.45) is 4.60. The van der Waals surface area contributed by atoms with Gasteiger partial charge < -0.3 is 14.5 Å². The Hall–Kier alpha value is -0.220. The maximum absolute atomic E-state index is 12.3. The smallest absolute Gasteiger partial charge is 0.341 e. The molecule has 0 bridgehead atoms. The number of Topliss-reactive ketones (excluding diaryl/α,β-unsaturated/α-hetero) is 1. The molecule has 0 spiro atoms. The number of rotatable bonds is 11. The number of aliphatic hydroxyl groups excluding tert-OH is 1. The third-order valence-electron chi connectivity index (χ3n) is 3.75. The monoisotopic (exact) mass is 308 g/mol. The van der Waals surface area contributed by atoms with Gasteiger partial charge in [0.2, 0.25) is 0 Å². The molecule has 0 amide bonds. The van der Waals surface area contributed by atoms with E-state index in [2.05, 4.69) is 0 Å². The van der Waals surface area contributed by atoms with Crippen LogP contribution in [0.4, 0.5) is 0 Å². The number of aliphatic hydroxyl groups is 1. The van der Waals surface area contributed by atoms with E-state index < -0.39 is 12.8 Å².